The standard InChI is InChI=1S/C51H39N3/c1-35(36-17-5-2-6-18-38-31-30-37-19-11-12-24-41(37)42(38)33-32-36)29-34-47-52-50(40-22-9-4-10-23-40)54-51(53-47)49-45-27-15-13-25-43(45)48(39-20-7-3-8-21-39)44-26-14-16-28-46(44)49/h2-28,30-33,35H,29,34H2,1H3. The number of aromatic nitrogens is 3. The van der Waals surface area contributed by atoms with Crippen molar-refractivity contribution in [2.45, 2.75) is 25.7 Å². The predicted molar refractivity (Wildman–Crippen MR) is 227 cm³/mol. The van der Waals surface area contributed by atoms with Crippen molar-refractivity contribution < 1.29 is 0 Å². The van der Waals surface area contributed by atoms with Crippen LogP contribution < -0.4 is 0 Å². The van der Waals surface area contributed by atoms with Crippen molar-refractivity contribution in [3.63, 3.8) is 0 Å². The van der Waals surface area contributed by atoms with Gasteiger partial charge in [0, 0.05) is 17.5 Å². The molecule has 0 N–H and O–H groups in total. The van der Waals surface area contributed by atoms with Gasteiger partial charge in [0.25, 0.3) is 0 Å². The van der Waals surface area contributed by atoms with Crippen LogP contribution in [0.1, 0.15) is 30.7 Å². The molecule has 0 radical (unpaired) electrons. The molecule has 8 aromatic carbocycles. The van der Waals surface area contributed by atoms with E-state index in [-0.39, 0.29) is 5.92 Å². The molecule has 3 heteroatoms. The largest absolute Gasteiger partial charge is 0.213 e. The molecule has 9 aromatic rings. The first-order chi connectivity index (χ1) is 26.7. The molecule has 1 aromatic heterocycles. The van der Waals surface area contributed by atoms with Gasteiger partial charge in [0.15, 0.2) is 11.6 Å². The van der Waals surface area contributed by atoms with E-state index in [0.717, 1.165) is 34.1 Å². The summed E-state index contributed by atoms with van der Waals surface area (Å²) < 4.78 is 0. The molecule has 0 spiro atoms. The van der Waals surface area contributed by atoms with Gasteiger partial charge in [-0.1, -0.05) is 195 Å². The van der Waals surface area contributed by atoms with Crippen LogP contribution in [0, 0.1) is 0 Å². The Kier molecular flexibility index (Phi) is 9.04. The lowest BCUT2D eigenvalue weighted by atomic mass is 9.88. The number of fused-ring (bicyclic) bond motifs is 5. The van der Waals surface area contributed by atoms with Gasteiger partial charge in [-0.25, -0.2) is 15.0 Å². The Balaban J connectivity index is 1.16. The second-order valence-corrected chi connectivity index (χ2v) is 13.9. The third-order valence-corrected chi connectivity index (χ3v) is 10.5. The van der Waals surface area contributed by atoms with E-state index >= 15 is 0 Å². The molecule has 3 nitrogen and oxygen atoms in total. The second kappa shape index (κ2) is 14.7. The highest BCUT2D eigenvalue weighted by Crippen LogP contribution is 2.43. The molecule has 0 saturated carbocycles. The van der Waals surface area contributed by atoms with E-state index < -0.39 is 0 Å². The Hall–Kier alpha value is -6.71. The summed E-state index contributed by atoms with van der Waals surface area (Å²) in [5.74, 6) is 2.46. The highest BCUT2D eigenvalue weighted by atomic mass is 15.0. The topological polar surface area (TPSA) is 38.7 Å². The number of aryl methyl sites for hydroxylation is 1. The Morgan fingerprint density at radius 1 is 0.370 bits per heavy atom. The van der Waals surface area contributed by atoms with E-state index in [9.17, 15) is 0 Å². The molecule has 1 unspecified atom stereocenters. The van der Waals surface area contributed by atoms with Crippen molar-refractivity contribution in [3.05, 3.63) is 199 Å². The second-order valence-electron chi connectivity index (χ2n) is 13.9. The van der Waals surface area contributed by atoms with Crippen LogP contribution in [0.2, 0.25) is 0 Å². The van der Waals surface area contributed by atoms with E-state index in [1.54, 1.807) is 0 Å². The molecule has 0 fully saturated rings. The Morgan fingerprint density at radius 3 is 1.46 bits per heavy atom. The first-order valence-corrected chi connectivity index (χ1v) is 18.8. The number of rotatable bonds is 7. The van der Waals surface area contributed by atoms with Gasteiger partial charge in [-0.15, -0.1) is 0 Å². The van der Waals surface area contributed by atoms with Crippen LogP contribution in [0.4, 0.5) is 0 Å². The average Bonchev–Trinajstić information content (AvgIpc) is 3.23. The van der Waals surface area contributed by atoms with Crippen LogP contribution in [0.5, 0.6) is 0 Å². The van der Waals surface area contributed by atoms with Crippen molar-refractivity contribution in [1.82, 2.24) is 15.0 Å². The van der Waals surface area contributed by atoms with E-state index in [2.05, 4.69) is 177 Å². The molecular formula is C51H39N3. The first kappa shape index (κ1) is 33.1. The minimum Gasteiger partial charge on any atom is -0.213 e. The fourth-order valence-electron chi connectivity index (χ4n) is 7.75. The van der Waals surface area contributed by atoms with Crippen LogP contribution in [0.3, 0.4) is 0 Å². The SMILES string of the molecule is CC(CCc1nc(-c2ccccc2)nc(-c2c3ccccc3c(-c3ccccc3)c3ccccc23)n1)c1cccccc2ccc3ccccc3c2cc1. The van der Waals surface area contributed by atoms with Crippen LogP contribution in [0.15, 0.2) is 188 Å². The molecule has 1 atom stereocenters. The lowest BCUT2D eigenvalue weighted by Crippen LogP contribution is -2.06. The molecule has 54 heavy (non-hydrogen) atoms. The molecule has 0 amide bonds. The molecule has 0 saturated heterocycles. The maximum absolute atomic E-state index is 5.29. The third kappa shape index (κ3) is 6.46. The van der Waals surface area contributed by atoms with Gasteiger partial charge in [0.1, 0.15) is 5.82 Å². The van der Waals surface area contributed by atoms with Crippen LogP contribution in [0.25, 0.3) is 77.0 Å². The minimum atomic E-state index is 0.264. The van der Waals surface area contributed by atoms with E-state index in [4.69, 9.17) is 15.0 Å². The molecule has 0 aliphatic rings. The average molecular weight is 694 g/mol. The lowest BCUT2D eigenvalue weighted by molar-refractivity contribution is 0.658. The monoisotopic (exact) mass is 693 g/mol. The molecule has 9 rings (SSSR count). The van der Waals surface area contributed by atoms with Gasteiger partial charge in [-0.2, -0.15) is 0 Å². The first-order valence-electron chi connectivity index (χ1n) is 18.8. The molecule has 0 bridgehead atoms. The Morgan fingerprint density at radius 2 is 0.833 bits per heavy atom. The Bertz CT molecular complexity index is 2780. The zero-order chi connectivity index (χ0) is 36.3. The number of hydrogen-bond donors (Lipinski definition) is 0. The molecule has 1 heterocycles. The van der Waals surface area contributed by atoms with Crippen molar-refractivity contribution in [1.29, 1.82) is 0 Å². The maximum atomic E-state index is 5.29. The number of benzene rings is 7. The van der Waals surface area contributed by atoms with E-state index in [1.807, 2.05) is 18.2 Å². The van der Waals surface area contributed by atoms with Crippen molar-refractivity contribution in [2.75, 3.05) is 0 Å². The number of hydrogen-bond acceptors (Lipinski definition) is 3. The fourth-order valence-corrected chi connectivity index (χ4v) is 7.75. The summed E-state index contributed by atoms with van der Waals surface area (Å²) in [6.45, 7) is 2.30. The molecule has 0 aliphatic carbocycles. The fraction of sp³-hybridized carbons (Fsp3) is 0.0784. The van der Waals surface area contributed by atoms with Crippen molar-refractivity contribution in [3.8, 4) is 33.9 Å². The van der Waals surface area contributed by atoms with Gasteiger partial charge in [-0.3, -0.25) is 0 Å². The van der Waals surface area contributed by atoms with Gasteiger partial charge in [0.2, 0.25) is 0 Å². The van der Waals surface area contributed by atoms with Gasteiger partial charge < -0.3 is 0 Å². The summed E-state index contributed by atoms with van der Waals surface area (Å²) in [7, 11) is 0. The Labute approximate surface area is 316 Å². The summed E-state index contributed by atoms with van der Waals surface area (Å²) in [5.41, 5.74) is 5.71. The van der Waals surface area contributed by atoms with Crippen molar-refractivity contribution in [2.24, 2.45) is 0 Å². The summed E-state index contributed by atoms with van der Waals surface area (Å²) in [4.78, 5) is 15.6. The summed E-state index contributed by atoms with van der Waals surface area (Å²) in [6, 6.07) is 66.7. The minimum absolute atomic E-state index is 0.264. The maximum Gasteiger partial charge on any atom is 0.164 e. The zero-order valence-corrected chi connectivity index (χ0v) is 30.2. The van der Waals surface area contributed by atoms with Crippen LogP contribution >= 0.6 is 0 Å². The lowest BCUT2D eigenvalue weighted by Gasteiger charge is -2.17. The number of nitrogens with zero attached hydrogens (tertiary/aromatic N) is 3. The zero-order valence-electron chi connectivity index (χ0n) is 30.2. The molecular weight excluding hydrogens is 655 g/mol. The highest BCUT2D eigenvalue weighted by molar-refractivity contribution is 6.20. The normalized spacial score (nSPS) is 11.9. The smallest absolute Gasteiger partial charge is 0.164 e. The van der Waals surface area contributed by atoms with E-state index in [0.29, 0.717) is 18.1 Å². The third-order valence-electron chi connectivity index (χ3n) is 10.5. The van der Waals surface area contributed by atoms with E-state index in [1.165, 1.54) is 49.0 Å². The predicted octanol–water partition coefficient (Wildman–Crippen LogP) is 13.3. The van der Waals surface area contributed by atoms with Gasteiger partial charge >= 0.3 is 0 Å². The summed E-state index contributed by atoms with van der Waals surface area (Å²) >= 11 is 0. The molecule has 0 aliphatic heterocycles. The molecule has 258 valence electrons. The van der Waals surface area contributed by atoms with Gasteiger partial charge in [-0.05, 0) is 72.1 Å². The quantitative estimate of drug-likeness (QED) is 0.156. The summed E-state index contributed by atoms with van der Waals surface area (Å²) in [6.07, 6.45) is 1.59. The van der Waals surface area contributed by atoms with Gasteiger partial charge in [0.05, 0.1) is 0 Å². The summed E-state index contributed by atoms with van der Waals surface area (Å²) in [5, 5.41) is 9.58. The van der Waals surface area contributed by atoms with Crippen LogP contribution in [-0.2, 0) is 6.42 Å². The van der Waals surface area contributed by atoms with Crippen molar-refractivity contribution >= 4 is 43.1 Å². The van der Waals surface area contributed by atoms with Crippen LogP contribution in [-0.4, -0.2) is 15.0 Å². The highest BCUT2D eigenvalue weighted by Gasteiger charge is 2.20.